The van der Waals surface area contributed by atoms with Gasteiger partial charge < -0.3 is 45.1 Å². The second kappa shape index (κ2) is 12.9. The Hall–Kier alpha value is -2.93. The number of hydrogen-bond donors (Lipinski definition) is 4. The SMILES string of the molecule is CO[C@]12CC[C@@]3(C[C@@H]1C(C)(C)O)[C@@H]1Cc4ccc(OC(=O)N(C)CCNC(=O)[C@H](CCCCN)NC(C)=O)c5c4[C@@]3(CC[N+]1(C)CC1CC1)[C@H]2O5. The van der Waals surface area contributed by atoms with Crippen LogP contribution >= 0.6 is 0 Å². The number of likely N-dealkylation sites (N-methyl/N-ethyl adjacent to an activating group) is 2. The zero-order valence-corrected chi connectivity index (χ0v) is 31.5. The molecule has 1 saturated heterocycles. The smallest absolute Gasteiger partial charge is 0.415 e. The number of amides is 3. The van der Waals surface area contributed by atoms with Crippen molar-refractivity contribution < 1.29 is 38.2 Å². The van der Waals surface area contributed by atoms with Crippen LogP contribution in [0, 0.1) is 17.3 Å². The van der Waals surface area contributed by atoms with E-state index in [1.807, 2.05) is 19.9 Å². The monoisotopic (exact) mass is 710 g/mol. The van der Waals surface area contributed by atoms with E-state index in [1.54, 1.807) is 14.2 Å². The molecule has 5 N–H and O–H groups in total. The topological polar surface area (TPSA) is 152 Å². The highest BCUT2D eigenvalue weighted by Gasteiger charge is 2.84. The predicted molar refractivity (Wildman–Crippen MR) is 191 cm³/mol. The van der Waals surface area contributed by atoms with Crippen molar-refractivity contribution in [3.63, 3.8) is 0 Å². The molecule has 1 aromatic rings. The lowest BCUT2D eigenvalue weighted by molar-refractivity contribution is -0.952. The fourth-order valence-electron chi connectivity index (χ4n) is 11.7. The zero-order valence-electron chi connectivity index (χ0n) is 31.5. The minimum absolute atomic E-state index is 0.0696. The standard InChI is InChI=1S/C39H59N5O7/c1-24(45)42-27(9-7-8-17-40)33(46)41-18-19-43(4)35(47)50-28-13-12-26-21-30-37-14-15-39(49-6,29(22-37)36(2,3)48)34-38(37,31(26)32(28)51-34)16-20-44(30,5)23-25-10-11-25/h12-13,25,27,29-30,34,48H,7-11,14-23,40H2,1-6H3,(H-,41,42,45,46)/p+1/t27-,29+,30-,34+,37+,38-,39+,44?/m0/s1. The number of nitrogens with two attached hydrogens (primary N) is 1. The number of aliphatic hydroxyl groups is 1. The molecule has 8 rings (SSSR count). The molecule has 4 saturated carbocycles. The summed E-state index contributed by atoms with van der Waals surface area (Å²) in [5.74, 6) is 1.19. The first-order chi connectivity index (χ1) is 24.2. The van der Waals surface area contributed by atoms with Gasteiger partial charge in [0.1, 0.15) is 17.7 Å². The van der Waals surface area contributed by atoms with Crippen LogP contribution in [0.15, 0.2) is 12.1 Å². The molecule has 12 heteroatoms. The van der Waals surface area contributed by atoms with E-state index in [-0.39, 0.29) is 47.8 Å². The van der Waals surface area contributed by atoms with Gasteiger partial charge in [-0.3, -0.25) is 9.59 Å². The van der Waals surface area contributed by atoms with E-state index < -0.39 is 23.3 Å². The van der Waals surface area contributed by atoms with E-state index in [1.165, 1.54) is 42.3 Å². The summed E-state index contributed by atoms with van der Waals surface area (Å²) in [5, 5.41) is 17.3. The van der Waals surface area contributed by atoms with Crippen LogP contribution in [0.4, 0.5) is 4.79 Å². The van der Waals surface area contributed by atoms with Gasteiger partial charge in [-0.05, 0) is 83.4 Å². The van der Waals surface area contributed by atoms with Gasteiger partial charge in [-0.15, -0.1) is 0 Å². The Morgan fingerprint density at radius 3 is 2.63 bits per heavy atom. The molecule has 7 aliphatic rings. The van der Waals surface area contributed by atoms with Crippen molar-refractivity contribution in [2.75, 3.05) is 53.9 Å². The van der Waals surface area contributed by atoms with Crippen molar-refractivity contribution in [1.82, 2.24) is 15.5 Å². The number of hydrogen-bond acceptors (Lipinski definition) is 8. The summed E-state index contributed by atoms with van der Waals surface area (Å²) >= 11 is 0. The molecular weight excluding hydrogens is 650 g/mol. The van der Waals surface area contributed by atoms with Gasteiger partial charge in [0.25, 0.3) is 0 Å². The second-order valence-corrected chi connectivity index (χ2v) is 17.5. The Balaban J connectivity index is 1.14. The number of methoxy groups -OCH3 is 1. The number of carbonyl (C=O) groups excluding carboxylic acids is 3. The summed E-state index contributed by atoms with van der Waals surface area (Å²) in [7, 11) is 5.92. The van der Waals surface area contributed by atoms with Crippen LogP contribution in [0.2, 0.25) is 0 Å². The van der Waals surface area contributed by atoms with E-state index in [2.05, 4.69) is 23.7 Å². The summed E-state index contributed by atoms with van der Waals surface area (Å²) < 4.78 is 21.0. The fraction of sp³-hybridized carbons (Fsp3) is 0.769. The largest absolute Gasteiger partial charge is 0.482 e. The van der Waals surface area contributed by atoms with Crippen LogP contribution in [0.1, 0.15) is 89.7 Å². The summed E-state index contributed by atoms with van der Waals surface area (Å²) in [6.07, 6.45) is 8.46. The van der Waals surface area contributed by atoms with Crippen LogP contribution < -0.4 is 25.8 Å². The van der Waals surface area contributed by atoms with Gasteiger partial charge >= 0.3 is 6.09 Å². The number of fused-ring (bicyclic) bond motifs is 2. The maximum Gasteiger partial charge on any atom is 0.415 e. The minimum Gasteiger partial charge on any atom is -0.482 e. The lowest BCUT2D eigenvalue weighted by Crippen LogP contribution is -2.84. The molecule has 51 heavy (non-hydrogen) atoms. The van der Waals surface area contributed by atoms with E-state index >= 15 is 0 Å². The number of piperidine rings is 1. The lowest BCUT2D eigenvalue weighted by atomic mass is 9.33. The number of quaternary nitrogens is 1. The molecule has 2 heterocycles. The third kappa shape index (κ3) is 5.65. The first-order valence-corrected chi connectivity index (χ1v) is 19.3. The number of ether oxygens (including phenoxy) is 3. The average molecular weight is 711 g/mol. The molecule has 3 amide bonds. The number of benzene rings is 1. The molecule has 0 aromatic heterocycles. The molecular formula is C39H60N5O7+. The Morgan fingerprint density at radius 2 is 1.96 bits per heavy atom. The van der Waals surface area contributed by atoms with Crippen molar-refractivity contribution in [3.8, 4) is 11.5 Å². The molecule has 1 unspecified atom stereocenters. The quantitative estimate of drug-likeness (QED) is 0.170. The number of nitrogens with one attached hydrogen (secondary N) is 2. The molecule has 4 bridgehead atoms. The third-order valence-electron chi connectivity index (χ3n) is 14.1. The van der Waals surface area contributed by atoms with Gasteiger partial charge in [0.2, 0.25) is 11.8 Å². The van der Waals surface area contributed by atoms with Gasteiger partial charge in [-0.2, -0.15) is 0 Å². The Labute approximate surface area is 302 Å². The van der Waals surface area contributed by atoms with Crippen molar-refractivity contribution in [2.24, 2.45) is 23.0 Å². The maximum atomic E-state index is 13.6. The molecule has 0 radical (unpaired) electrons. The molecule has 5 fully saturated rings. The number of carbonyl (C=O) groups is 3. The third-order valence-corrected chi connectivity index (χ3v) is 14.1. The summed E-state index contributed by atoms with van der Waals surface area (Å²) in [4.78, 5) is 39.6. The first-order valence-electron chi connectivity index (χ1n) is 19.3. The van der Waals surface area contributed by atoms with Crippen LogP contribution in [0.25, 0.3) is 0 Å². The maximum absolute atomic E-state index is 13.6. The fourth-order valence-corrected chi connectivity index (χ4v) is 11.7. The van der Waals surface area contributed by atoms with Gasteiger partial charge in [0, 0.05) is 69.8 Å². The van der Waals surface area contributed by atoms with Crippen molar-refractivity contribution in [3.05, 3.63) is 23.3 Å². The molecule has 1 aromatic carbocycles. The van der Waals surface area contributed by atoms with Gasteiger partial charge in [-0.25, -0.2) is 4.79 Å². The van der Waals surface area contributed by atoms with E-state index in [0.29, 0.717) is 30.5 Å². The van der Waals surface area contributed by atoms with Crippen molar-refractivity contribution in [2.45, 2.75) is 120 Å². The number of likely N-dealkylation sites (tertiary alicyclic amines) is 1. The number of nitrogens with zero attached hydrogens (tertiary/aromatic N) is 2. The highest BCUT2D eigenvalue weighted by Crippen LogP contribution is 2.78. The van der Waals surface area contributed by atoms with Crippen molar-refractivity contribution >= 4 is 17.9 Å². The van der Waals surface area contributed by atoms with Crippen LogP contribution in [-0.4, -0.2) is 116 Å². The molecule has 12 nitrogen and oxygen atoms in total. The Kier molecular flexibility index (Phi) is 9.20. The summed E-state index contributed by atoms with van der Waals surface area (Å²) in [5.41, 5.74) is 6.10. The molecule has 8 atom stereocenters. The van der Waals surface area contributed by atoms with Crippen LogP contribution in [0.3, 0.4) is 0 Å². The molecule has 282 valence electrons. The van der Waals surface area contributed by atoms with Gasteiger partial charge in [-0.1, -0.05) is 6.07 Å². The van der Waals surface area contributed by atoms with E-state index in [4.69, 9.17) is 19.9 Å². The normalized spacial score (nSPS) is 34.6. The minimum atomic E-state index is -0.961. The van der Waals surface area contributed by atoms with Crippen molar-refractivity contribution in [1.29, 1.82) is 0 Å². The van der Waals surface area contributed by atoms with E-state index in [0.717, 1.165) is 61.9 Å². The Bertz CT molecular complexity index is 1560. The Morgan fingerprint density at radius 1 is 1.20 bits per heavy atom. The lowest BCUT2D eigenvalue weighted by Gasteiger charge is -2.75. The summed E-state index contributed by atoms with van der Waals surface area (Å²) in [6.45, 7) is 8.48. The van der Waals surface area contributed by atoms with E-state index in [9.17, 15) is 19.5 Å². The first kappa shape index (κ1) is 36.4. The number of unbranched alkanes of at least 4 members (excludes halogenated alkanes) is 1. The van der Waals surface area contributed by atoms with Gasteiger partial charge in [0.15, 0.2) is 11.5 Å². The second-order valence-electron chi connectivity index (χ2n) is 17.5. The molecule has 5 aliphatic carbocycles. The highest BCUT2D eigenvalue weighted by atomic mass is 16.6. The predicted octanol–water partition coefficient (Wildman–Crippen LogP) is 3.01. The summed E-state index contributed by atoms with van der Waals surface area (Å²) in [6, 6.07) is 3.81. The zero-order chi connectivity index (χ0) is 36.6. The number of rotatable bonds is 14. The molecule has 2 spiro atoms. The highest BCUT2D eigenvalue weighted by molar-refractivity contribution is 5.86. The molecule has 2 aliphatic heterocycles. The van der Waals surface area contributed by atoms with Crippen LogP contribution in [-0.2, 0) is 26.2 Å². The van der Waals surface area contributed by atoms with Crippen LogP contribution in [0.5, 0.6) is 11.5 Å². The van der Waals surface area contributed by atoms with Gasteiger partial charge in [0.05, 0.1) is 37.2 Å². The average Bonchev–Trinajstić information content (AvgIpc) is 3.81.